The van der Waals surface area contributed by atoms with E-state index in [1.165, 1.54) is 0 Å². The Labute approximate surface area is 80.4 Å². The number of hydrogen-bond acceptors (Lipinski definition) is 3. The molecule has 2 N–H and O–H groups in total. The Morgan fingerprint density at radius 3 is 2.92 bits per heavy atom. The first-order valence-electron chi connectivity index (χ1n) is 4.24. The van der Waals surface area contributed by atoms with Crippen LogP contribution in [-0.4, -0.2) is 17.6 Å². The van der Waals surface area contributed by atoms with Crippen LogP contribution in [-0.2, 0) is 4.79 Å². The summed E-state index contributed by atoms with van der Waals surface area (Å²) in [6, 6.07) is 3.91. The maximum absolute atomic E-state index is 10.8. The van der Waals surface area contributed by atoms with Gasteiger partial charge < -0.3 is 10.4 Å². The Hall–Kier alpha value is -1.03. The molecule has 13 heavy (non-hydrogen) atoms. The lowest BCUT2D eigenvalue weighted by Gasteiger charge is -2.09. The van der Waals surface area contributed by atoms with Gasteiger partial charge in [-0.05, 0) is 30.4 Å². The molecule has 1 fully saturated rings. The van der Waals surface area contributed by atoms with Gasteiger partial charge in [-0.2, -0.15) is 0 Å². The Kier molecular flexibility index (Phi) is 2.00. The Bertz CT molecular complexity index is 303. The molecule has 1 heterocycles. The fourth-order valence-electron chi connectivity index (χ4n) is 1.25. The van der Waals surface area contributed by atoms with Crippen LogP contribution in [0.5, 0.6) is 0 Å². The van der Waals surface area contributed by atoms with Gasteiger partial charge in [-0.1, -0.05) is 0 Å². The lowest BCUT2D eigenvalue weighted by molar-refractivity contribution is -0.142. The van der Waals surface area contributed by atoms with E-state index in [1.807, 2.05) is 17.5 Å². The van der Waals surface area contributed by atoms with Gasteiger partial charge in [0.05, 0.1) is 10.4 Å². The molecule has 1 aliphatic rings. The second kappa shape index (κ2) is 3.03. The predicted molar refractivity (Wildman–Crippen MR) is 52.1 cm³/mol. The highest BCUT2D eigenvalue weighted by Crippen LogP contribution is 2.45. The topological polar surface area (TPSA) is 49.3 Å². The molecule has 0 bridgehead atoms. The Morgan fingerprint density at radius 2 is 2.46 bits per heavy atom. The molecule has 0 spiro atoms. The minimum Gasteiger partial charge on any atom is -0.481 e. The number of rotatable bonds is 4. The molecule has 70 valence electrons. The highest BCUT2D eigenvalue weighted by molar-refractivity contribution is 7.14. The van der Waals surface area contributed by atoms with E-state index in [9.17, 15) is 4.79 Å². The second-order valence-electron chi connectivity index (χ2n) is 3.42. The van der Waals surface area contributed by atoms with Gasteiger partial charge in [-0.3, -0.25) is 4.79 Å². The molecule has 0 unspecified atom stereocenters. The molecule has 4 heteroatoms. The monoisotopic (exact) mass is 197 g/mol. The summed E-state index contributed by atoms with van der Waals surface area (Å²) in [6.07, 6.45) is 1.61. The summed E-state index contributed by atoms with van der Waals surface area (Å²) in [5.41, 5.74) is -0.468. The fourth-order valence-corrected chi connectivity index (χ4v) is 1.87. The van der Waals surface area contributed by atoms with Crippen LogP contribution in [0.2, 0.25) is 0 Å². The molecule has 1 aromatic heterocycles. The number of carbonyl (C=O) groups is 1. The first-order chi connectivity index (χ1) is 6.23. The molecule has 2 rings (SSSR count). The van der Waals surface area contributed by atoms with E-state index in [2.05, 4.69) is 5.32 Å². The van der Waals surface area contributed by atoms with E-state index in [-0.39, 0.29) is 0 Å². The molecule has 1 aliphatic carbocycles. The quantitative estimate of drug-likeness (QED) is 0.776. The fraction of sp³-hybridized carbons (Fsp3) is 0.444. The number of thiophene rings is 1. The molecule has 0 atom stereocenters. The number of aliphatic carboxylic acids is 1. The minimum absolute atomic E-state index is 0.468. The van der Waals surface area contributed by atoms with Gasteiger partial charge in [-0.25, -0.2) is 0 Å². The Balaban J connectivity index is 1.90. The van der Waals surface area contributed by atoms with Crippen molar-refractivity contribution < 1.29 is 9.90 Å². The van der Waals surface area contributed by atoms with Crippen molar-refractivity contribution in [2.75, 3.05) is 11.9 Å². The number of anilines is 1. The van der Waals surface area contributed by atoms with E-state index in [1.54, 1.807) is 11.3 Å². The lowest BCUT2D eigenvalue weighted by Crippen LogP contribution is -2.23. The van der Waals surface area contributed by atoms with E-state index < -0.39 is 11.4 Å². The van der Waals surface area contributed by atoms with Crippen LogP contribution in [0.3, 0.4) is 0 Å². The molecule has 0 saturated heterocycles. The summed E-state index contributed by atoms with van der Waals surface area (Å²) >= 11 is 1.60. The minimum atomic E-state index is -0.670. The largest absolute Gasteiger partial charge is 0.481 e. The second-order valence-corrected chi connectivity index (χ2v) is 4.36. The van der Waals surface area contributed by atoms with Gasteiger partial charge in [0.15, 0.2) is 0 Å². The third kappa shape index (κ3) is 1.67. The van der Waals surface area contributed by atoms with Crippen molar-refractivity contribution in [3.63, 3.8) is 0 Å². The van der Waals surface area contributed by atoms with Crippen LogP contribution in [0.1, 0.15) is 12.8 Å². The van der Waals surface area contributed by atoms with Gasteiger partial charge in [0.25, 0.3) is 0 Å². The predicted octanol–water partition coefficient (Wildman–Crippen LogP) is 2.02. The van der Waals surface area contributed by atoms with E-state index in [0.717, 1.165) is 17.8 Å². The van der Waals surface area contributed by atoms with Crippen molar-refractivity contribution in [1.82, 2.24) is 0 Å². The smallest absolute Gasteiger partial charge is 0.311 e. The first-order valence-corrected chi connectivity index (χ1v) is 5.12. The van der Waals surface area contributed by atoms with Gasteiger partial charge in [0, 0.05) is 6.54 Å². The third-order valence-electron chi connectivity index (χ3n) is 2.43. The van der Waals surface area contributed by atoms with E-state index >= 15 is 0 Å². The van der Waals surface area contributed by atoms with Crippen LogP contribution in [0.15, 0.2) is 17.5 Å². The molecule has 3 nitrogen and oxygen atoms in total. The molecule has 0 amide bonds. The number of nitrogens with one attached hydrogen (secondary N) is 1. The summed E-state index contributed by atoms with van der Waals surface area (Å²) < 4.78 is 0. The average Bonchev–Trinajstić information content (AvgIpc) is 2.73. The SMILES string of the molecule is O=C(O)C1(CNc2cccs2)CC1. The Morgan fingerprint density at radius 1 is 1.69 bits per heavy atom. The summed E-state index contributed by atoms with van der Waals surface area (Å²) in [6.45, 7) is 0.558. The normalized spacial score (nSPS) is 18.2. The standard InChI is InChI=1S/C9H11NO2S/c11-8(12)9(3-4-9)6-10-7-2-1-5-13-7/h1-2,5,10H,3-4,6H2,(H,11,12). The molecule has 0 radical (unpaired) electrons. The zero-order valence-electron chi connectivity index (χ0n) is 7.12. The molecular weight excluding hydrogens is 186 g/mol. The summed E-state index contributed by atoms with van der Waals surface area (Å²) in [5, 5.41) is 15.1. The molecule has 1 aromatic rings. The van der Waals surface area contributed by atoms with Gasteiger partial charge in [0.2, 0.25) is 0 Å². The molecule has 1 saturated carbocycles. The number of carboxylic acid groups (broad SMARTS) is 1. The van der Waals surface area contributed by atoms with Crippen molar-refractivity contribution in [2.45, 2.75) is 12.8 Å². The van der Waals surface area contributed by atoms with Gasteiger partial charge >= 0.3 is 5.97 Å². The molecule has 0 aliphatic heterocycles. The van der Waals surface area contributed by atoms with Gasteiger partial charge in [0.1, 0.15) is 0 Å². The van der Waals surface area contributed by atoms with Crippen molar-refractivity contribution in [2.24, 2.45) is 5.41 Å². The van der Waals surface area contributed by atoms with Crippen LogP contribution in [0.4, 0.5) is 5.00 Å². The van der Waals surface area contributed by atoms with Crippen LogP contribution in [0.25, 0.3) is 0 Å². The maximum atomic E-state index is 10.8. The van der Waals surface area contributed by atoms with Crippen molar-refractivity contribution in [3.8, 4) is 0 Å². The molecular formula is C9H11NO2S. The lowest BCUT2D eigenvalue weighted by atomic mass is 10.1. The van der Waals surface area contributed by atoms with Crippen molar-refractivity contribution in [1.29, 1.82) is 0 Å². The highest BCUT2D eigenvalue weighted by atomic mass is 32.1. The summed E-state index contributed by atoms with van der Waals surface area (Å²) in [7, 11) is 0. The van der Waals surface area contributed by atoms with E-state index in [0.29, 0.717) is 6.54 Å². The number of hydrogen-bond donors (Lipinski definition) is 2. The number of carboxylic acids is 1. The van der Waals surface area contributed by atoms with Crippen molar-refractivity contribution >= 4 is 22.3 Å². The highest BCUT2D eigenvalue weighted by Gasteiger charge is 2.49. The molecule has 0 aromatic carbocycles. The van der Waals surface area contributed by atoms with Crippen LogP contribution < -0.4 is 5.32 Å². The summed E-state index contributed by atoms with van der Waals surface area (Å²) in [4.78, 5) is 10.8. The summed E-state index contributed by atoms with van der Waals surface area (Å²) in [5.74, 6) is -0.670. The van der Waals surface area contributed by atoms with Gasteiger partial charge in [-0.15, -0.1) is 11.3 Å². The maximum Gasteiger partial charge on any atom is 0.311 e. The zero-order valence-corrected chi connectivity index (χ0v) is 7.93. The first kappa shape index (κ1) is 8.56. The average molecular weight is 197 g/mol. The zero-order chi connectivity index (χ0) is 9.31. The third-order valence-corrected chi connectivity index (χ3v) is 3.26. The van der Waals surface area contributed by atoms with Crippen LogP contribution >= 0.6 is 11.3 Å². The van der Waals surface area contributed by atoms with Crippen molar-refractivity contribution in [3.05, 3.63) is 17.5 Å². The van der Waals surface area contributed by atoms with E-state index in [4.69, 9.17) is 5.11 Å². The van der Waals surface area contributed by atoms with Crippen LogP contribution in [0, 0.1) is 5.41 Å².